The van der Waals surface area contributed by atoms with Crippen molar-refractivity contribution in [3.05, 3.63) is 12.1 Å². The van der Waals surface area contributed by atoms with Gasteiger partial charge in [-0.15, -0.1) is 0 Å². The van der Waals surface area contributed by atoms with Gasteiger partial charge < -0.3 is 19.5 Å². The molecule has 30 heavy (non-hydrogen) atoms. The second-order valence-electron chi connectivity index (χ2n) is 8.88. The minimum absolute atomic E-state index is 0.144. The molecule has 2 aliphatic carbocycles. The molecule has 0 radical (unpaired) electrons. The third-order valence-corrected chi connectivity index (χ3v) is 6.92. The average molecular weight is 418 g/mol. The highest BCUT2D eigenvalue weighted by Gasteiger charge is 2.34. The molecular weight excluding hydrogens is 378 g/mol. The number of ether oxygens (including phenoxy) is 3. The van der Waals surface area contributed by atoms with Crippen molar-refractivity contribution in [3.63, 3.8) is 0 Å². The summed E-state index contributed by atoms with van der Waals surface area (Å²) in [4.78, 5) is 13.7. The van der Waals surface area contributed by atoms with Gasteiger partial charge in [0, 0.05) is 23.7 Å². The number of hydrogen-bond acceptors (Lipinski definition) is 5. The van der Waals surface area contributed by atoms with E-state index in [9.17, 15) is 4.79 Å². The summed E-state index contributed by atoms with van der Waals surface area (Å²) >= 11 is 0. The molecule has 0 aromatic heterocycles. The molecule has 2 fully saturated rings. The van der Waals surface area contributed by atoms with Crippen molar-refractivity contribution in [2.75, 3.05) is 26.6 Å². The van der Waals surface area contributed by atoms with Crippen molar-refractivity contribution < 1.29 is 19.0 Å². The highest BCUT2D eigenvalue weighted by atomic mass is 16.5. The monoisotopic (exact) mass is 417 g/mol. The molecule has 0 saturated heterocycles. The zero-order valence-corrected chi connectivity index (χ0v) is 19.0. The first-order chi connectivity index (χ1) is 14.7. The van der Waals surface area contributed by atoms with Gasteiger partial charge in [-0.2, -0.15) is 0 Å². The SMILES string of the molecule is COc1cc(N[C@@H](C(=O)C2CCCCCC2)C2CCCCCC2)cc(OC)c1OC. The molecular formula is C25H39NO4. The van der Waals surface area contributed by atoms with E-state index in [1.54, 1.807) is 21.3 Å². The lowest BCUT2D eigenvalue weighted by atomic mass is 9.82. The number of carbonyl (C=O) groups is 1. The molecule has 1 aromatic rings. The molecule has 0 aliphatic heterocycles. The van der Waals surface area contributed by atoms with Gasteiger partial charge in [0.25, 0.3) is 0 Å². The van der Waals surface area contributed by atoms with Crippen LogP contribution in [-0.4, -0.2) is 33.2 Å². The molecule has 168 valence electrons. The Balaban J connectivity index is 1.88. The second kappa shape index (κ2) is 11.5. The molecule has 1 atom stereocenters. The molecule has 1 N–H and O–H groups in total. The van der Waals surface area contributed by atoms with Gasteiger partial charge in [0.15, 0.2) is 17.3 Å². The molecule has 0 spiro atoms. The third kappa shape index (κ3) is 5.61. The van der Waals surface area contributed by atoms with Gasteiger partial charge >= 0.3 is 0 Å². The maximum absolute atomic E-state index is 13.7. The molecule has 0 heterocycles. The molecule has 0 unspecified atom stereocenters. The second-order valence-corrected chi connectivity index (χ2v) is 8.88. The number of hydrogen-bond donors (Lipinski definition) is 1. The first-order valence-electron chi connectivity index (χ1n) is 11.8. The van der Waals surface area contributed by atoms with Crippen LogP contribution in [0.1, 0.15) is 77.0 Å². The number of methoxy groups -OCH3 is 3. The Hall–Kier alpha value is -1.91. The van der Waals surface area contributed by atoms with Gasteiger partial charge in [0.2, 0.25) is 5.75 Å². The standard InChI is InChI=1S/C25H39NO4/c1-28-21-16-20(17-22(29-2)25(21)30-3)26-23(18-12-8-4-5-9-13-18)24(27)19-14-10-6-7-11-15-19/h16-19,23,26H,4-15H2,1-3H3/t23-/m1/s1. The molecule has 2 saturated carbocycles. The molecule has 2 aliphatic rings. The quantitative estimate of drug-likeness (QED) is 0.526. The fourth-order valence-corrected chi connectivity index (χ4v) is 5.23. The summed E-state index contributed by atoms with van der Waals surface area (Å²) in [6, 6.07) is 3.70. The van der Waals surface area contributed by atoms with Crippen molar-refractivity contribution in [2.24, 2.45) is 11.8 Å². The Morgan fingerprint density at radius 1 is 0.800 bits per heavy atom. The largest absolute Gasteiger partial charge is 0.493 e. The number of anilines is 1. The Morgan fingerprint density at radius 3 is 1.77 bits per heavy atom. The van der Waals surface area contributed by atoms with Crippen LogP contribution < -0.4 is 19.5 Å². The molecule has 5 nitrogen and oxygen atoms in total. The van der Waals surface area contributed by atoms with Crippen LogP contribution in [0.3, 0.4) is 0 Å². The summed E-state index contributed by atoms with van der Waals surface area (Å²) in [5.41, 5.74) is 0.862. The zero-order chi connectivity index (χ0) is 21.3. The Bertz CT molecular complexity index is 649. The van der Waals surface area contributed by atoms with Crippen LogP contribution in [0.25, 0.3) is 0 Å². The number of rotatable bonds is 8. The third-order valence-electron chi connectivity index (χ3n) is 6.92. The summed E-state index contributed by atoms with van der Waals surface area (Å²) in [5, 5.41) is 3.63. The summed E-state index contributed by atoms with van der Waals surface area (Å²) in [6.07, 6.45) is 14.2. The van der Waals surface area contributed by atoms with Crippen LogP contribution in [0, 0.1) is 11.8 Å². The maximum Gasteiger partial charge on any atom is 0.203 e. The minimum atomic E-state index is -0.144. The maximum atomic E-state index is 13.7. The summed E-state index contributed by atoms with van der Waals surface area (Å²) < 4.78 is 16.5. The highest BCUT2D eigenvalue weighted by molar-refractivity contribution is 5.89. The normalized spacial score (nSPS) is 20.0. The summed E-state index contributed by atoms with van der Waals surface area (Å²) in [7, 11) is 4.86. The van der Waals surface area contributed by atoms with E-state index < -0.39 is 0 Å². The summed E-state index contributed by atoms with van der Waals surface area (Å²) in [6.45, 7) is 0. The van der Waals surface area contributed by atoms with Crippen LogP contribution in [0.2, 0.25) is 0 Å². The van der Waals surface area contributed by atoms with E-state index in [2.05, 4.69) is 5.32 Å². The van der Waals surface area contributed by atoms with Gasteiger partial charge in [0.05, 0.1) is 27.4 Å². The number of nitrogens with one attached hydrogen (secondary N) is 1. The lowest BCUT2D eigenvalue weighted by Gasteiger charge is -2.30. The van der Waals surface area contributed by atoms with Crippen molar-refractivity contribution in [3.8, 4) is 17.2 Å². The van der Waals surface area contributed by atoms with E-state index in [0.29, 0.717) is 28.9 Å². The van der Waals surface area contributed by atoms with Crippen molar-refractivity contribution >= 4 is 11.5 Å². The van der Waals surface area contributed by atoms with Crippen LogP contribution in [-0.2, 0) is 4.79 Å². The van der Waals surface area contributed by atoms with Crippen LogP contribution in [0.5, 0.6) is 17.2 Å². The Kier molecular flexibility index (Phi) is 8.71. The molecule has 5 heteroatoms. The lowest BCUT2D eigenvalue weighted by Crippen LogP contribution is -2.40. The van der Waals surface area contributed by atoms with Gasteiger partial charge in [-0.3, -0.25) is 4.79 Å². The zero-order valence-electron chi connectivity index (χ0n) is 19.0. The van der Waals surface area contributed by atoms with Crippen molar-refractivity contribution in [1.29, 1.82) is 0 Å². The fraction of sp³-hybridized carbons (Fsp3) is 0.720. The molecule has 3 rings (SSSR count). The van der Waals surface area contributed by atoms with Gasteiger partial charge in [-0.25, -0.2) is 0 Å². The smallest absolute Gasteiger partial charge is 0.203 e. The van der Waals surface area contributed by atoms with Gasteiger partial charge in [0.1, 0.15) is 0 Å². The fourth-order valence-electron chi connectivity index (χ4n) is 5.23. The molecule has 1 aromatic carbocycles. The van der Waals surface area contributed by atoms with E-state index in [1.165, 1.54) is 51.4 Å². The topological polar surface area (TPSA) is 56.8 Å². The van der Waals surface area contributed by atoms with Crippen LogP contribution in [0.15, 0.2) is 12.1 Å². The molecule has 0 amide bonds. The number of Topliss-reactive ketones (excluding diaryl/α,β-unsaturated/α-hetero) is 1. The van der Waals surface area contributed by atoms with Gasteiger partial charge in [-0.05, 0) is 31.6 Å². The highest BCUT2D eigenvalue weighted by Crippen LogP contribution is 2.41. The number of ketones is 1. The number of benzene rings is 1. The van der Waals surface area contributed by atoms with E-state index in [-0.39, 0.29) is 12.0 Å². The van der Waals surface area contributed by atoms with E-state index in [0.717, 1.165) is 31.4 Å². The van der Waals surface area contributed by atoms with Crippen LogP contribution in [0.4, 0.5) is 5.69 Å². The minimum Gasteiger partial charge on any atom is -0.493 e. The first kappa shape index (κ1) is 22.8. The van der Waals surface area contributed by atoms with E-state index in [1.807, 2.05) is 12.1 Å². The summed E-state index contributed by atoms with van der Waals surface area (Å²) in [5.74, 6) is 2.80. The Labute approximate surface area is 181 Å². The molecule has 0 bridgehead atoms. The van der Waals surface area contributed by atoms with E-state index >= 15 is 0 Å². The van der Waals surface area contributed by atoms with Crippen molar-refractivity contribution in [2.45, 2.75) is 83.1 Å². The van der Waals surface area contributed by atoms with Crippen molar-refractivity contribution in [1.82, 2.24) is 0 Å². The van der Waals surface area contributed by atoms with Gasteiger partial charge in [-0.1, -0.05) is 51.4 Å². The predicted molar refractivity (Wildman–Crippen MR) is 121 cm³/mol. The first-order valence-corrected chi connectivity index (χ1v) is 11.8. The Morgan fingerprint density at radius 2 is 1.30 bits per heavy atom. The average Bonchev–Trinajstić information content (AvgIpc) is 3.21. The van der Waals surface area contributed by atoms with E-state index in [4.69, 9.17) is 14.2 Å². The van der Waals surface area contributed by atoms with Crippen LogP contribution >= 0.6 is 0 Å². The number of carbonyl (C=O) groups excluding carboxylic acids is 1. The predicted octanol–water partition coefficient (Wildman–Crippen LogP) is 6.00. The lowest BCUT2D eigenvalue weighted by molar-refractivity contribution is -0.125.